The van der Waals surface area contributed by atoms with Crippen molar-refractivity contribution in [3.05, 3.63) is 16.5 Å². The molecule has 114 valence electrons. The third-order valence-corrected chi connectivity index (χ3v) is 4.38. The number of hydrogen-bond acceptors (Lipinski definition) is 5. The van der Waals surface area contributed by atoms with Crippen molar-refractivity contribution in [1.29, 1.82) is 0 Å². The maximum Gasteiger partial charge on any atom is 0.407 e. The van der Waals surface area contributed by atoms with Gasteiger partial charge in [-0.2, -0.15) is 0 Å². The van der Waals surface area contributed by atoms with Gasteiger partial charge in [0.05, 0.1) is 13.2 Å². The summed E-state index contributed by atoms with van der Waals surface area (Å²) in [5, 5.41) is 3.37. The van der Waals surface area contributed by atoms with Crippen molar-refractivity contribution < 1.29 is 9.53 Å². The van der Waals surface area contributed by atoms with Crippen LogP contribution < -0.4 is 10.2 Å². The molecule has 1 aliphatic carbocycles. The number of carbonyl (C=O) groups excluding carboxylic acids is 1. The zero-order valence-corrected chi connectivity index (χ0v) is 13.0. The molecule has 1 N–H and O–H groups in total. The fourth-order valence-corrected chi connectivity index (χ4v) is 2.79. The summed E-state index contributed by atoms with van der Waals surface area (Å²) in [5.74, 6) is 2.21. The SMILES string of the molecule is COC(=O)NC1CCN(c2nc(C3CC3)nc(Cl)c2C)C1. The van der Waals surface area contributed by atoms with Crippen LogP contribution in [0.3, 0.4) is 0 Å². The van der Waals surface area contributed by atoms with Crippen LogP contribution in [-0.2, 0) is 4.74 Å². The Bertz CT molecular complexity index is 562. The van der Waals surface area contributed by atoms with E-state index < -0.39 is 6.09 Å². The first-order valence-electron chi connectivity index (χ1n) is 7.22. The van der Waals surface area contributed by atoms with Crippen LogP contribution in [0.5, 0.6) is 0 Å². The highest BCUT2D eigenvalue weighted by molar-refractivity contribution is 6.30. The average molecular weight is 311 g/mol. The highest BCUT2D eigenvalue weighted by Gasteiger charge is 2.31. The summed E-state index contributed by atoms with van der Waals surface area (Å²) in [5.41, 5.74) is 0.903. The molecule has 2 heterocycles. The number of carbonyl (C=O) groups is 1. The molecule has 6 nitrogen and oxygen atoms in total. The number of anilines is 1. The predicted molar refractivity (Wildman–Crippen MR) is 79.9 cm³/mol. The summed E-state index contributed by atoms with van der Waals surface area (Å²) < 4.78 is 4.64. The molecule has 7 heteroatoms. The number of ether oxygens (including phenoxy) is 1. The van der Waals surface area contributed by atoms with E-state index in [0.717, 1.165) is 43.0 Å². The van der Waals surface area contributed by atoms with Gasteiger partial charge in [0, 0.05) is 24.6 Å². The first kappa shape index (κ1) is 14.4. The lowest BCUT2D eigenvalue weighted by molar-refractivity contribution is 0.167. The lowest BCUT2D eigenvalue weighted by Crippen LogP contribution is -2.37. The molecule has 1 aromatic rings. The Kier molecular flexibility index (Phi) is 3.89. The largest absolute Gasteiger partial charge is 0.453 e. The molecule has 1 aliphatic heterocycles. The van der Waals surface area contributed by atoms with Gasteiger partial charge in [-0.05, 0) is 26.2 Å². The van der Waals surface area contributed by atoms with Gasteiger partial charge in [0.15, 0.2) is 0 Å². The van der Waals surface area contributed by atoms with Gasteiger partial charge in [-0.15, -0.1) is 0 Å². The van der Waals surface area contributed by atoms with E-state index in [0.29, 0.717) is 17.6 Å². The van der Waals surface area contributed by atoms with E-state index in [1.807, 2.05) is 6.92 Å². The highest BCUT2D eigenvalue weighted by atomic mass is 35.5. The van der Waals surface area contributed by atoms with Crippen LogP contribution in [-0.4, -0.2) is 42.3 Å². The van der Waals surface area contributed by atoms with Gasteiger partial charge >= 0.3 is 6.09 Å². The van der Waals surface area contributed by atoms with E-state index in [1.54, 1.807) is 0 Å². The summed E-state index contributed by atoms with van der Waals surface area (Å²) in [6.07, 6.45) is 2.77. The van der Waals surface area contributed by atoms with Crippen LogP contribution in [0.15, 0.2) is 0 Å². The van der Waals surface area contributed by atoms with Crippen LogP contribution in [0.25, 0.3) is 0 Å². The minimum atomic E-state index is -0.391. The summed E-state index contributed by atoms with van der Waals surface area (Å²) >= 11 is 6.24. The molecule has 0 aromatic carbocycles. The minimum absolute atomic E-state index is 0.0787. The van der Waals surface area contributed by atoms with Crippen molar-refractivity contribution in [2.24, 2.45) is 0 Å². The van der Waals surface area contributed by atoms with E-state index in [9.17, 15) is 4.79 Å². The molecule has 0 radical (unpaired) electrons. The maximum atomic E-state index is 11.3. The smallest absolute Gasteiger partial charge is 0.407 e. The van der Waals surface area contributed by atoms with Gasteiger partial charge in [-0.3, -0.25) is 0 Å². The molecule has 3 rings (SSSR count). The number of hydrogen-bond donors (Lipinski definition) is 1. The van der Waals surface area contributed by atoms with Crippen molar-refractivity contribution >= 4 is 23.5 Å². The summed E-state index contributed by atoms with van der Waals surface area (Å²) in [6.45, 7) is 3.50. The number of aromatic nitrogens is 2. The normalized spacial score (nSPS) is 21.5. The van der Waals surface area contributed by atoms with E-state index >= 15 is 0 Å². The van der Waals surface area contributed by atoms with Crippen molar-refractivity contribution in [3.63, 3.8) is 0 Å². The lowest BCUT2D eigenvalue weighted by atomic mass is 10.3. The molecule has 2 aliphatic rings. The molecule has 0 bridgehead atoms. The quantitative estimate of drug-likeness (QED) is 0.867. The summed E-state index contributed by atoms with van der Waals surface area (Å²) in [7, 11) is 1.37. The van der Waals surface area contributed by atoms with Gasteiger partial charge in [0.2, 0.25) is 0 Å². The zero-order chi connectivity index (χ0) is 15.0. The van der Waals surface area contributed by atoms with E-state index in [4.69, 9.17) is 16.6 Å². The number of alkyl carbamates (subject to hydrolysis) is 1. The molecule has 1 saturated heterocycles. The van der Waals surface area contributed by atoms with Crippen molar-refractivity contribution in [1.82, 2.24) is 15.3 Å². The van der Waals surface area contributed by atoms with Gasteiger partial charge < -0.3 is 15.0 Å². The summed E-state index contributed by atoms with van der Waals surface area (Å²) in [4.78, 5) is 22.5. The Hall–Kier alpha value is -1.56. The Labute approximate surface area is 128 Å². The van der Waals surface area contributed by atoms with Crippen LogP contribution in [0.2, 0.25) is 5.15 Å². The first-order chi connectivity index (χ1) is 10.1. The standard InChI is InChI=1S/C14H19ClN4O2/c1-8-11(15)17-12(9-3-4-9)18-13(8)19-6-5-10(7-19)16-14(20)21-2/h9-10H,3-7H2,1-2H3,(H,16,20). The maximum absolute atomic E-state index is 11.3. The number of amides is 1. The Balaban J connectivity index is 1.76. The predicted octanol–water partition coefficient (Wildman–Crippen LogP) is 2.25. The molecular weight excluding hydrogens is 292 g/mol. The van der Waals surface area contributed by atoms with E-state index in [-0.39, 0.29) is 6.04 Å². The molecule has 21 heavy (non-hydrogen) atoms. The molecule has 1 saturated carbocycles. The van der Waals surface area contributed by atoms with Crippen molar-refractivity contribution in [3.8, 4) is 0 Å². The third kappa shape index (κ3) is 3.05. The Morgan fingerprint density at radius 1 is 1.38 bits per heavy atom. The first-order valence-corrected chi connectivity index (χ1v) is 7.59. The number of nitrogens with zero attached hydrogens (tertiary/aromatic N) is 3. The van der Waals surface area contributed by atoms with Gasteiger partial charge in [-0.25, -0.2) is 14.8 Å². The number of nitrogens with one attached hydrogen (secondary N) is 1. The molecular formula is C14H19ClN4O2. The van der Waals surface area contributed by atoms with Crippen LogP contribution in [0.1, 0.15) is 36.6 Å². The number of methoxy groups -OCH3 is 1. The highest BCUT2D eigenvalue weighted by Crippen LogP contribution is 2.40. The monoisotopic (exact) mass is 310 g/mol. The molecule has 1 unspecified atom stereocenters. The molecule has 1 aromatic heterocycles. The minimum Gasteiger partial charge on any atom is -0.453 e. The number of rotatable bonds is 3. The summed E-state index contributed by atoms with van der Waals surface area (Å²) in [6, 6.07) is 0.0787. The third-order valence-electron chi connectivity index (χ3n) is 4.02. The van der Waals surface area contributed by atoms with Crippen LogP contribution >= 0.6 is 11.6 Å². The fraction of sp³-hybridized carbons (Fsp3) is 0.643. The van der Waals surface area contributed by atoms with Crippen molar-refractivity contribution in [2.75, 3.05) is 25.1 Å². The zero-order valence-electron chi connectivity index (χ0n) is 12.2. The fourth-order valence-electron chi connectivity index (χ4n) is 2.62. The van der Waals surface area contributed by atoms with Crippen LogP contribution in [0.4, 0.5) is 10.6 Å². The number of halogens is 1. The lowest BCUT2D eigenvalue weighted by Gasteiger charge is -2.21. The average Bonchev–Trinajstić information content (AvgIpc) is 3.22. The molecule has 2 fully saturated rings. The molecule has 1 amide bonds. The topological polar surface area (TPSA) is 67.3 Å². The van der Waals surface area contributed by atoms with Crippen LogP contribution in [0, 0.1) is 6.92 Å². The second-order valence-corrected chi connectivity index (χ2v) is 6.02. The Morgan fingerprint density at radius 3 is 2.81 bits per heavy atom. The molecule has 1 atom stereocenters. The van der Waals surface area contributed by atoms with Gasteiger partial charge in [0.1, 0.15) is 16.8 Å². The van der Waals surface area contributed by atoms with Gasteiger partial charge in [0.25, 0.3) is 0 Å². The van der Waals surface area contributed by atoms with Crippen molar-refractivity contribution in [2.45, 2.75) is 38.1 Å². The Morgan fingerprint density at radius 2 is 2.14 bits per heavy atom. The van der Waals surface area contributed by atoms with E-state index in [1.165, 1.54) is 7.11 Å². The van der Waals surface area contributed by atoms with E-state index in [2.05, 4.69) is 19.9 Å². The second-order valence-electron chi connectivity index (χ2n) is 5.66. The second kappa shape index (κ2) is 5.67. The molecule has 0 spiro atoms. The van der Waals surface area contributed by atoms with Gasteiger partial charge in [-0.1, -0.05) is 11.6 Å².